The molecule has 0 bridgehead atoms. The standard InChI is InChI=1S/C33H35NO6/c1-18(2)23-16-24(19(3)14-26(23)38-7)30(35)28-29(20-8-10-21(11-9-20)33(4,5)6)34(32(37)31(28)36)22-12-13-25-27(15-22)40-17-39-25/h8-16,18,29,35H,17H2,1-7H3/b30-28+. The van der Waals surface area contributed by atoms with Gasteiger partial charge in [0.1, 0.15) is 11.5 Å². The first-order valence-electron chi connectivity index (χ1n) is 13.4. The van der Waals surface area contributed by atoms with E-state index in [1.165, 1.54) is 4.90 Å². The number of carbonyl (C=O) groups is 2. The van der Waals surface area contributed by atoms with E-state index in [1.807, 2.05) is 57.2 Å². The Morgan fingerprint density at radius 2 is 1.68 bits per heavy atom. The summed E-state index contributed by atoms with van der Waals surface area (Å²) < 4.78 is 16.6. The Bertz CT molecular complexity index is 1530. The highest BCUT2D eigenvalue weighted by Crippen LogP contribution is 2.46. The average Bonchev–Trinajstić information content (AvgIpc) is 3.49. The highest BCUT2D eigenvalue weighted by Gasteiger charge is 2.47. The van der Waals surface area contributed by atoms with Gasteiger partial charge in [-0.2, -0.15) is 0 Å². The van der Waals surface area contributed by atoms with E-state index in [1.54, 1.807) is 25.3 Å². The number of ketones is 1. The van der Waals surface area contributed by atoms with E-state index in [0.29, 0.717) is 34.1 Å². The second-order valence-electron chi connectivity index (χ2n) is 11.6. The minimum atomic E-state index is -0.849. The summed E-state index contributed by atoms with van der Waals surface area (Å²) in [6.07, 6.45) is 0. The Morgan fingerprint density at radius 1 is 1.00 bits per heavy atom. The number of aryl methyl sites for hydroxylation is 1. The first-order chi connectivity index (χ1) is 18.9. The number of Topliss-reactive ketones (excluding diaryl/α,β-unsaturated/α-hetero) is 1. The fourth-order valence-electron chi connectivity index (χ4n) is 5.34. The number of hydrogen-bond donors (Lipinski definition) is 1. The number of benzene rings is 3. The maximum Gasteiger partial charge on any atom is 0.300 e. The Kier molecular flexibility index (Phi) is 6.86. The monoisotopic (exact) mass is 541 g/mol. The number of ether oxygens (including phenoxy) is 3. The summed E-state index contributed by atoms with van der Waals surface area (Å²) in [5.41, 5.74) is 4.37. The molecule has 2 heterocycles. The van der Waals surface area contributed by atoms with Crippen molar-refractivity contribution in [2.75, 3.05) is 18.8 Å². The largest absolute Gasteiger partial charge is 0.507 e. The number of nitrogens with zero attached hydrogens (tertiary/aromatic N) is 1. The van der Waals surface area contributed by atoms with Crippen LogP contribution in [0.2, 0.25) is 0 Å². The normalized spacial score (nSPS) is 18.1. The molecule has 5 rings (SSSR count). The predicted molar refractivity (Wildman–Crippen MR) is 154 cm³/mol. The van der Waals surface area contributed by atoms with E-state index in [9.17, 15) is 14.7 Å². The molecule has 1 saturated heterocycles. The molecule has 0 aromatic heterocycles. The Balaban J connectivity index is 1.73. The molecule has 1 N–H and O–H groups in total. The predicted octanol–water partition coefficient (Wildman–Crippen LogP) is 6.78. The van der Waals surface area contributed by atoms with Crippen LogP contribution in [0, 0.1) is 6.92 Å². The van der Waals surface area contributed by atoms with Crippen molar-refractivity contribution >= 4 is 23.1 Å². The Morgan fingerprint density at radius 3 is 2.30 bits per heavy atom. The number of hydrogen-bond acceptors (Lipinski definition) is 6. The molecular weight excluding hydrogens is 506 g/mol. The fraction of sp³-hybridized carbons (Fsp3) is 0.333. The van der Waals surface area contributed by atoms with Crippen LogP contribution in [-0.4, -0.2) is 30.7 Å². The smallest absolute Gasteiger partial charge is 0.300 e. The number of amides is 1. The van der Waals surface area contributed by atoms with Crippen LogP contribution in [0.4, 0.5) is 5.69 Å². The molecule has 1 atom stereocenters. The van der Waals surface area contributed by atoms with Crippen molar-refractivity contribution in [1.82, 2.24) is 0 Å². The maximum atomic E-state index is 13.7. The summed E-state index contributed by atoms with van der Waals surface area (Å²) in [6.45, 7) is 12.4. The Labute approximate surface area is 235 Å². The van der Waals surface area contributed by atoms with Crippen molar-refractivity contribution in [3.05, 3.63) is 88.0 Å². The summed E-state index contributed by atoms with van der Waals surface area (Å²) in [6, 6.07) is 15.8. The summed E-state index contributed by atoms with van der Waals surface area (Å²) in [5, 5.41) is 11.8. The second-order valence-corrected chi connectivity index (χ2v) is 11.6. The SMILES string of the molecule is COc1cc(C)c(/C(O)=C2\C(=O)C(=O)N(c3ccc4c(c3)OCO4)C2c2ccc(C(C)(C)C)cc2)cc1C(C)C. The molecule has 3 aromatic carbocycles. The highest BCUT2D eigenvalue weighted by atomic mass is 16.7. The lowest BCUT2D eigenvalue weighted by atomic mass is 9.85. The van der Waals surface area contributed by atoms with Gasteiger partial charge in [-0.25, -0.2) is 0 Å². The van der Waals surface area contributed by atoms with Gasteiger partial charge in [0.25, 0.3) is 11.7 Å². The number of aliphatic hydroxyl groups is 1. The average molecular weight is 542 g/mol. The number of methoxy groups -OCH3 is 1. The molecule has 7 heteroatoms. The van der Waals surface area contributed by atoms with Crippen LogP contribution in [0.3, 0.4) is 0 Å². The molecule has 1 unspecified atom stereocenters. The van der Waals surface area contributed by atoms with Crippen molar-refractivity contribution in [1.29, 1.82) is 0 Å². The quantitative estimate of drug-likeness (QED) is 0.218. The third kappa shape index (κ3) is 4.59. The van der Waals surface area contributed by atoms with Crippen LogP contribution in [0.15, 0.2) is 60.2 Å². The molecule has 208 valence electrons. The summed E-state index contributed by atoms with van der Waals surface area (Å²) in [7, 11) is 1.61. The van der Waals surface area contributed by atoms with Crippen molar-refractivity contribution in [3.63, 3.8) is 0 Å². The topological polar surface area (TPSA) is 85.3 Å². The van der Waals surface area contributed by atoms with Gasteiger partial charge in [-0.1, -0.05) is 58.9 Å². The summed E-state index contributed by atoms with van der Waals surface area (Å²) in [4.78, 5) is 28.8. The zero-order valence-corrected chi connectivity index (χ0v) is 24.0. The zero-order chi connectivity index (χ0) is 28.9. The van der Waals surface area contributed by atoms with Crippen molar-refractivity contribution < 1.29 is 28.9 Å². The third-order valence-electron chi connectivity index (χ3n) is 7.63. The van der Waals surface area contributed by atoms with E-state index in [-0.39, 0.29) is 29.5 Å². The Hall–Kier alpha value is -4.26. The molecule has 7 nitrogen and oxygen atoms in total. The molecular formula is C33H35NO6. The number of aliphatic hydroxyl groups excluding tert-OH is 1. The van der Waals surface area contributed by atoms with Crippen LogP contribution in [0.5, 0.6) is 17.2 Å². The minimum absolute atomic E-state index is 0.0362. The number of carbonyl (C=O) groups excluding carboxylic acids is 2. The molecule has 2 aliphatic rings. The lowest BCUT2D eigenvalue weighted by Gasteiger charge is -2.27. The van der Waals surface area contributed by atoms with E-state index in [2.05, 4.69) is 20.8 Å². The van der Waals surface area contributed by atoms with Crippen molar-refractivity contribution in [2.45, 2.75) is 58.9 Å². The molecule has 40 heavy (non-hydrogen) atoms. The first kappa shape index (κ1) is 27.3. The lowest BCUT2D eigenvalue weighted by molar-refractivity contribution is -0.132. The summed E-state index contributed by atoms with van der Waals surface area (Å²) in [5.74, 6) is 0.198. The van der Waals surface area contributed by atoms with Crippen LogP contribution in [-0.2, 0) is 15.0 Å². The van der Waals surface area contributed by atoms with Gasteiger partial charge < -0.3 is 19.3 Å². The van der Waals surface area contributed by atoms with E-state index < -0.39 is 17.7 Å². The zero-order valence-electron chi connectivity index (χ0n) is 24.0. The molecule has 0 radical (unpaired) electrons. The molecule has 2 aliphatic heterocycles. The van der Waals surface area contributed by atoms with Gasteiger partial charge in [-0.05, 0) is 64.8 Å². The maximum absolute atomic E-state index is 13.7. The van der Waals surface area contributed by atoms with Gasteiger partial charge >= 0.3 is 0 Å². The van der Waals surface area contributed by atoms with Gasteiger partial charge in [-0.3, -0.25) is 14.5 Å². The summed E-state index contributed by atoms with van der Waals surface area (Å²) >= 11 is 0. The lowest BCUT2D eigenvalue weighted by Crippen LogP contribution is -2.29. The van der Waals surface area contributed by atoms with Gasteiger partial charge in [0.2, 0.25) is 6.79 Å². The van der Waals surface area contributed by atoms with E-state index in [4.69, 9.17) is 14.2 Å². The minimum Gasteiger partial charge on any atom is -0.507 e. The first-order valence-corrected chi connectivity index (χ1v) is 13.4. The van der Waals surface area contributed by atoms with Gasteiger partial charge in [0.05, 0.1) is 18.7 Å². The van der Waals surface area contributed by atoms with Crippen LogP contribution >= 0.6 is 0 Å². The van der Waals surface area contributed by atoms with Crippen LogP contribution < -0.4 is 19.1 Å². The highest BCUT2D eigenvalue weighted by molar-refractivity contribution is 6.51. The van der Waals surface area contributed by atoms with Gasteiger partial charge in [-0.15, -0.1) is 0 Å². The number of anilines is 1. The number of rotatable bonds is 5. The van der Waals surface area contributed by atoms with Crippen LogP contribution in [0.1, 0.15) is 74.4 Å². The van der Waals surface area contributed by atoms with Crippen molar-refractivity contribution in [3.8, 4) is 17.2 Å². The second kappa shape index (κ2) is 10.0. The van der Waals surface area contributed by atoms with Crippen LogP contribution in [0.25, 0.3) is 5.76 Å². The molecule has 0 aliphatic carbocycles. The van der Waals surface area contributed by atoms with E-state index in [0.717, 1.165) is 16.7 Å². The molecule has 1 fully saturated rings. The molecule has 0 saturated carbocycles. The number of fused-ring (bicyclic) bond motifs is 1. The van der Waals surface area contributed by atoms with Gasteiger partial charge in [0.15, 0.2) is 11.5 Å². The molecule has 1 amide bonds. The molecule has 3 aromatic rings. The molecule has 0 spiro atoms. The van der Waals surface area contributed by atoms with E-state index >= 15 is 0 Å². The third-order valence-corrected chi connectivity index (χ3v) is 7.63. The fourth-order valence-corrected chi connectivity index (χ4v) is 5.34. The van der Waals surface area contributed by atoms with Gasteiger partial charge in [0, 0.05) is 17.3 Å². The van der Waals surface area contributed by atoms with Crippen molar-refractivity contribution in [2.24, 2.45) is 0 Å².